The van der Waals surface area contributed by atoms with Crippen molar-refractivity contribution in [2.24, 2.45) is 5.14 Å². The number of nitrogens with two attached hydrogens (primary N) is 1. The molecule has 1 heterocycles. The lowest BCUT2D eigenvalue weighted by Gasteiger charge is -2.30. The molecule has 1 atom stereocenters. The lowest BCUT2D eigenvalue weighted by atomic mass is 9.89. The van der Waals surface area contributed by atoms with Crippen LogP contribution in [0.4, 0.5) is 8.78 Å². The first-order chi connectivity index (χ1) is 12.7. The zero-order valence-corrected chi connectivity index (χ0v) is 16.4. The van der Waals surface area contributed by atoms with Gasteiger partial charge in [0.25, 0.3) is 0 Å². The minimum Gasteiger partial charge on any atom is -0.485 e. The third-order valence-electron chi connectivity index (χ3n) is 4.00. The van der Waals surface area contributed by atoms with Gasteiger partial charge in [0.1, 0.15) is 17.6 Å². The maximum absolute atomic E-state index is 12.9. The van der Waals surface area contributed by atoms with Gasteiger partial charge in [-0.05, 0) is 23.3 Å². The van der Waals surface area contributed by atoms with E-state index in [1.807, 2.05) is 0 Å². The third-order valence-corrected chi connectivity index (χ3v) is 5.19. The minimum atomic E-state index is -3.71. The fraction of sp³-hybridized carbons (Fsp3) is 0.222. The van der Waals surface area contributed by atoms with Crippen molar-refractivity contribution in [1.82, 2.24) is 0 Å². The monoisotopic (exact) mass is 459 g/mol. The zero-order chi connectivity index (χ0) is 19.8. The van der Waals surface area contributed by atoms with E-state index in [2.05, 4.69) is 27.2 Å². The van der Waals surface area contributed by atoms with Crippen molar-refractivity contribution in [3.05, 3.63) is 58.6 Å². The van der Waals surface area contributed by atoms with Crippen molar-refractivity contribution < 1.29 is 26.7 Å². The average molecular weight is 460 g/mol. The van der Waals surface area contributed by atoms with Crippen LogP contribution in [-0.2, 0) is 15.8 Å². The van der Waals surface area contributed by atoms with Gasteiger partial charge in [0.2, 0.25) is 10.0 Å². The Balaban J connectivity index is 2.19. The predicted octanol–water partition coefficient (Wildman–Crippen LogP) is 4.52. The van der Waals surface area contributed by atoms with Crippen molar-refractivity contribution in [2.45, 2.75) is 24.9 Å². The summed E-state index contributed by atoms with van der Waals surface area (Å²) in [4.78, 5) is 0. The standard InChI is InChI=1S/C18H16BrF2NO4S/c1-2-3-14-13-6-10(9-27(22,23)24)4-5-12(13)17-15(25-14)7-11(19)8-16(17)26-18(20)21/h2,4-8,14,18H,1,3,9H2,(H2,22,23,24). The number of benzene rings is 2. The Morgan fingerprint density at radius 3 is 2.70 bits per heavy atom. The smallest absolute Gasteiger partial charge is 0.387 e. The van der Waals surface area contributed by atoms with Crippen molar-refractivity contribution in [3.63, 3.8) is 0 Å². The molecule has 2 aromatic rings. The van der Waals surface area contributed by atoms with Gasteiger partial charge >= 0.3 is 6.61 Å². The molecule has 0 aliphatic carbocycles. The summed E-state index contributed by atoms with van der Waals surface area (Å²) >= 11 is 3.27. The Bertz CT molecular complexity index is 995. The van der Waals surface area contributed by atoms with E-state index in [1.165, 1.54) is 6.07 Å². The van der Waals surface area contributed by atoms with Crippen LogP contribution >= 0.6 is 15.9 Å². The summed E-state index contributed by atoms with van der Waals surface area (Å²) < 4.78 is 59.8. The number of hydrogen-bond acceptors (Lipinski definition) is 4. The van der Waals surface area contributed by atoms with Gasteiger partial charge in [-0.3, -0.25) is 0 Å². The van der Waals surface area contributed by atoms with E-state index in [4.69, 9.17) is 9.88 Å². The molecule has 1 unspecified atom stereocenters. The summed E-state index contributed by atoms with van der Waals surface area (Å²) in [6.07, 6.45) is 1.67. The molecule has 0 fully saturated rings. The molecule has 1 aliphatic heterocycles. The van der Waals surface area contributed by atoms with Crippen LogP contribution in [0.1, 0.15) is 23.7 Å². The Hall–Kier alpha value is -1.97. The molecular formula is C18H16BrF2NO4S. The first kappa shape index (κ1) is 19.8. The van der Waals surface area contributed by atoms with Gasteiger partial charge in [-0.25, -0.2) is 13.6 Å². The van der Waals surface area contributed by atoms with Gasteiger partial charge in [-0.2, -0.15) is 8.78 Å². The lowest BCUT2D eigenvalue weighted by Crippen LogP contribution is -2.17. The zero-order valence-electron chi connectivity index (χ0n) is 14.0. The highest BCUT2D eigenvalue weighted by Gasteiger charge is 2.30. The molecule has 0 spiro atoms. The van der Waals surface area contributed by atoms with Crippen LogP contribution in [0, 0.1) is 0 Å². The number of halogens is 3. The molecule has 3 rings (SSSR count). The maximum atomic E-state index is 12.9. The van der Waals surface area contributed by atoms with Crippen LogP contribution in [0.2, 0.25) is 0 Å². The van der Waals surface area contributed by atoms with Gasteiger partial charge < -0.3 is 9.47 Å². The molecule has 27 heavy (non-hydrogen) atoms. The highest BCUT2D eigenvalue weighted by molar-refractivity contribution is 9.10. The van der Waals surface area contributed by atoms with E-state index in [0.29, 0.717) is 38.9 Å². The highest BCUT2D eigenvalue weighted by atomic mass is 79.9. The Morgan fingerprint density at radius 1 is 1.33 bits per heavy atom. The molecule has 2 N–H and O–H groups in total. The van der Waals surface area contributed by atoms with Gasteiger partial charge in [0.05, 0.1) is 11.3 Å². The first-order valence-corrected chi connectivity index (χ1v) is 10.4. The van der Waals surface area contributed by atoms with E-state index in [0.717, 1.165) is 0 Å². The molecule has 0 radical (unpaired) electrons. The summed E-state index contributed by atoms with van der Waals surface area (Å²) in [5.41, 5.74) is 2.15. The van der Waals surface area contributed by atoms with Crippen molar-refractivity contribution in [1.29, 1.82) is 0 Å². The molecule has 0 bridgehead atoms. The van der Waals surface area contributed by atoms with Gasteiger partial charge in [0, 0.05) is 16.5 Å². The van der Waals surface area contributed by atoms with Crippen LogP contribution in [0.15, 0.2) is 47.5 Å². The number of hydrogen-bond donors (Lipinski definition) is 1. The predicted molar refractivity (Wildman–Crippen MR) is 101 cm³/mol. The molecule has 0 saturated carbocycles. The van der Waals surface area contributed by atoms with Crippen molar-refractivity contribution in [2.75, 3.05) is 0 Å². The largest absolute Gasteiger partial charge is 0.485 e. The lowest BCUT2D eigenvalue weighted by molar-refractivity contribution is -0.0496. The highest BCUT2D eigenvalue weighted by Crippen LogP contribution is 2.50. The molecule has 144 valence electrons. The van der Waals surface area contributed by atoms with Crippen LogP contribution in [0.3, 0.4) is 0 Å². The molecule has 2 aromatic carbocycles. The van der Waals surface area contributed by atoms with E-state index >= 15 is 0 Å². The third kappa shape index (κ3) is 4.48. The van der Waals surface area contributed by atoms with Gasteiger partial charge in [0.15, 0.2) is 0 Å². The summed E-state index contributed by atoms with van der Waals surface area (Å²) in [6.45, 7) is 0.710. The average Bonchev–Trinajstić information content (AvgIpc) is 2.52. The molecule has 1 aliphatic rings. The molecule has 0 amide bonds. The number of alkyl halides is 2. The van der Waals surface area contributed by atoms with E-state index in [-0.39, 0.29) is 11.5 Å². The Labute approximate surface area is 164 Å². The van der Waals surface area contributed by atoms with E-state index < -0.39 is 22.7 Å². The number of fused-ring (bicyclic) bond motifs is 3. The Kier molecular flexibility index (Phi) is 5.55. The first-order valence-electron chi connectivity index (χ1n) is 7.87. The second-order valence-electron chi connectivity index (χ2n) is 6.02. The Morgan fingerprint density at radius 2 is 2.07 bits per heavy atom. The van der Waals surface area contributed by atoms with Crippen LogP contribution < -0.4 is 14.6 Å². The summed E-state index contributed by atoms with van der Waals surface area (Å²) in [6, 6.07) is 8.03. The molecule has 0 aromatic heterocycles. The number of rotatable bonds is 6. The molecule has 9 heteroatoms. The summed E-state index contributed by atoms with van der Waals surface area (Å²) in [7, 11) is -3.71. The summed E-state index contributed by atoms with van der Waals surface area (Å²) in [5.74, 6) is 0.0136. The van der Waals surface area contributed by atoms with Gasteiger partial charge in [-0.1, -0.05) is 40.2 Å². The number of ether oxygens (including phenoxy) is 2. The summed E-state index contributed by atoms with van der Waals surface area (Å²) in [5, 5.41) is 5.13. The molecule has 0 saturated heterocycles. The minimum absolute atomic E-state index is 0.0353. The maximum Gasteiger partial charge on any atom is 0.387 e. The quantitative estimate of drug-likeness (QED) is 0.644. The molecule has 5 nitrogen and oxygen atoms in total. The second-order valence-corrected chi connectivity index (χ2v) is 8.55. The van der Waals surface area contributed by atoms with Crippen molar-refractivity contribution >= 4 is 26.0 Å². The number of sulfonamides is 1. The second kappa shape index (κ2) is 7.57. The van der Waals surface area contributed by atoms with E-state index in [1.54, 1.807) is 30.3 Å². The van der Waals surface area contributed by atoms with Crippen LogP contribution in [0.25, 0.3) is 11.1 Å². The SMILES string of the molecule is C=CCC1Oc2cc(Br)cc(OC(F)F)c2-c2ccc(CS(N)(=O)=O)cc21. The van der Waals surface area contributed by atoms with Gasteiger partial charge in [-0.15, -0.1) is 6.58 Å². The van der Waals surface area contributed by atoms with Crippen LogP contribution in [-0.4, -0.2) is 15.0 Å². The van der Waals surface area contributed by atoms with E-state index in [9.17, 15) is 17.2 Å². The number of primary sulfonamides is 1. The fourth-order valence-corrected chi connectivity index (χ4v) is 4.14. The normalized spacial score (nSPS) is 15.7. The van der Waals surface area contributed by atoms with Crippen LogP contribution in [0.5, 0.6) is 11.5 Å². The van der Waals surface area contributed by atoms with Crippen molar-refractivity contribution in [3.8, 4) is 22.6 Å². The topological polar surface area (TPSA) is 78.6 Å². The fourth-order valence-electron chi connectivity index (χ4n) is 3.08. The molecular weight excluding hydrogens is 444 g/mol.